The van der Waals surface area contributed by atoms with Crippen molar-refractivity contribution in [1.82, 2.24) is 14.8 Å². The molecule has 0 N–H and O–H groups in total. The van der Waals surface area contributed by atoms with Crippen molar-refractivity contribution < 1.29 is 9.21 Å². The second kappa shape index (κ2) is 6.80. The highest BCUT2D eigenvalue weighted by molar-refractivity contribution is 6.31. The molecule has 0 radical (unpaired) electrons. The van der Waals surface area contributed by atoms with Gasteiger partial charge in [-0.3, -0.25) is 4.79 Å². The first-order valence-corrected chi connectivity index (χ1v) is 9.20. The van der Waals surface area contributed by atoms with Crippen LogP contribution in [0.5, 0.6) is 0 Å². The minimum atomic E-state index is -0.134. The van der Waals surface area contributed by atoms with Gasteiger partial charge in [0, 0.05) is 31.3 Å². The Morgan fingerprint density at radius 1 is 1.14 bits per heavy atom. The van der Waals surface area contributed by atoms with Gasteiger partial charge < -0.3 is 9.32 Å². The van der Waals surface area contributed by atoms with Gasteiger partial charge in [-0.15, -0.1) is 0 Å². The van der Waals surface area contributed by atoms with Crippen LogP contribution in [-0.4, -0.2) is 27.7 Å². The normalized spacial score (nSPS) is 11.2. The summed E-state index contributed by atoms with van der Waals surface area (Å²) in [6.07, 6.45) is 0. The van der Waals surface area contributed by atoms with E-state index >= 15 is 0 Å². The van der Waals surface area contributed by atoms with Crippen LogP contribution in [0.2, 0.25) is 5.02 Å². The summed E-state index contributed by atoms with van der Waals surface area (Å²) in [5, 5.41) is 5.09. The summed E-state index contributed by atoms with van der Waals surface area (Å²) in [6.45, 7) is 5.55. The fourth-order valence-electron chi connectivity index (χ4n) is 3.19. The molecule has 0 atom stereocenters. The number of amides is 1. The first-order chi connectivity index (χ1) is 13.3. The number of rotatable bonds is 3. The Balaban J connectivity index is 1.67. The van der Waals surface area contributed by atoms with Crippen LogP contribution in [0.25, 0.3) is 16.8 Å². The summed E-state index contributed by atoms with van der Waals surface area (Å²) in [4.78, 5) is 18.9. The van der Waals surface area contributed by atoms with E-state index in [-0.39, 0.29) is 5.91 Å². The van der Waals surface area contributed by atoms with E-state index < -0.39 is 0 Å². The van der Waals surface area contributed by atoms with Crippen LogP contribution in [0.1, 0.15) is 27.6 Å². The molecule has 0 fully saturated rings. The maximum atomic E-state index is 13.1. The molecule has 0 unspecified atom stereocenters. The van der Waals surface area contributed by atoms with Gasteiger partial charge >= 0.3 is 0 Å². The number of hydrogen-bond donors (Lipinski definition) is 0. The average Bonchev–Trinajstić information content (AvgIpc) is 3.19. The second-order valence-electron chi connectivity index (χ2n) is 6.70. The number of fused-ring (bicyclic) bond motifs is 1. The van der Waals surface area contributed by atoms with E-state index in [9.17, 15) is 4.79 Å². The van der Waals surface area contributed by atoms with Crippen LogP contribution < -0.4 is 4.90 Å². The van der Waals surface area contributed by atoms with Gasteiger partial charge in [0.25, 0.3) is 5.91 Å². The number of benzene rings is 2. The van der Waals surface area contributed by atoms with Crippen LogP contribution in [-0.2, 0) is 0 Å². The van der Waals surface area contributed by atoms with E-state index in [0.717, 1.165) is 28.3 Å². The van der Waals surface area contributed by atoms with Crippen molar-refractivity contribution in [2.24, 2.45) is 0 Å². The molecular formula is C21H19ClN4O2. The van der Waals surface area contributed by atoms with Gasteiger partial charge in [-0.25, -0.2) is 9.67 Å². The molecule has 6 nitrogen and oxygen atoms in total. The average molecular weight is 395 g/mol. The largest absolute Gasteiger partial charge is 0.441 e. The lowest BCUT2D eigenvalue weighted by atomic mass is 10.1. The number of aromatic nitrogens is 3. The molecule has 2 aromatic carbocycles. The van der Waals surface area contributed by atoms with E-state index in [1.54, 1.807) is 29.6 Å². The standard InChI is InChI=1S/C21H19ClN4O2/c1-12-20(22)13(2)26(24-12)17-7-5-6-15(10-17)21(27)25(4)16-8-9-18-19(11-16)28-14(3)23-18/h5-11H,1-4H3. The highest BCUT2D eigenvalue weighted by atomic mass is 35.5. The second-order valence-corrected chi connectivity index (χ2v) is 7.07. The predicted octanol–water partition coefficient (Wildman–Crippen LogP) is 4.87. The molecule has 0 aliphatic carbocycles. The zero-order valence-electron chi connectivity index (χ0n) is 16.0. The van der Waals surface area contributed by atoms with Crippen molar-refractivity contribution in [3.63, 3.8) is 0 Å². The van der Waals surface area contributed by atoms with Crippen LogP contribution in [0.15, 0.2) is 46.9 Å². The Hall–Kier alpha value is -3.12. The highest BCUT2D eigenvalue weighted by Crippen LogP contribution is 2.25. The van der Waals surface area contributed by atoms with Crippen molar-refractivity contribution in [2.75, 3.05) is 11.9 Å². The van der Waals surface area contributed by atoms with Gasteiger partial charge in [0.2, 0.25) is 0 Å². The number of nitrogens with zero attached hydrogens (tertiary/aromatic N) is 4. The number of carbonyl (C=O) groups is 1. The van der Waals surface area contributed by atoms with Crippen molar-refractivity contribution in [3.8, 4) is 5.69 Å². The number of halogens is 1. The maximum Gasteiger partial charge on any atom is 0.258 e. The molecule has 4 aromatic rings. The van der Waals surface area contributed by atoms with Crippen LogP contribution >= 0.6 is 11.6 Å². The van der Waals surface area contributed by atoms with Crippen LogP contribution in [0.3, 0.4) is 0 Å². The molecule has 28 heavy (non-hydrogen) atoms. The van der Waals surface area contributed by atoms with E-state index in [0.29, 0.717) is 22.1 Å². The first-order valence-electron chi connectivity index (χ1n) is 8.82. The first kappa shape index (κ1) is 18.3. The van der Waals surface area contributed by atoms with E-state index in [2.05, 4.69) is 10.1 Å². The minimum Gasteiger partial charge on any atom is -0.441 e. The van der Waals surface area contributed by atoms with Gasteiger partial charge in [0.15, 0.2) is 11.5 Å². The smallest absolute Gasteiger partial charge is 0.258 e. The number of oxazole rings is 1. The third-order valence-electron chi connectivity index (χ3n) is 4.71. The maximum absolute atomic E-state index is 13.1. The highest BCUT2D eigenvalue weighted by Gasteiger charge is 2.17. The molecule has 0 saturated heterocycles. The van der Waals surface area contributed by atoms with E-state index in [1.165, 1.54) is 0 Å². The number of anilines is 1. The quantitative estimate of drug-likeness (QED) is 0.497. The molecule has 0 aliphatic heterocycles. The van der Waals surface area contributed by atoms with Gasteiger partial charge in [-0.2, -0.15) is 5.10 Å². The van der Waals surface area contributed by atoms with Crippen molar-refractivity contribution >= 4 is 34.3 Å². The van der Waals surface area contributed by atoms with Crippen LogP contribution in [0.4, 0.5) is 5.69 Å². The third kappa shape index (κ3) is 3.05. The summed E-state index contributed by atoms with van der Waals surface area (Å²) in [7, 11) is 1.74. The van der Waals surface area contributed by atoms with Crippen molar-refractivity contribution in [2.45, 2.75) is 20.8 Å². The Labute approximate surface area is 167 Å². The topological polar surface area (TPSA) is 64.2 Å². The lowest BCUT2D eigenvalue weighted by Crippen LogP contribution is -2.26. The Morgan fingerprint density at radius 2 is 1.93 bits per heavy atom. The van der Waals surface area contributed by atoms with Crippen molar-refractivity contribution in [3.05, 3.63) is 70.3 Å². The van der Waals surface area contributed by atoms with Gasteiger partial charge in [0.05, 0.1) is 22.1 Å². The zero-order chi connectivity index (χ0) is 20.0. The van der Waals surface area contributed by atoms with Gasteiger partial charge in [-0.1, -0.05) is 17.7 Å². The van der Waals surface area contributed by atoms with E-state index in [4.69, 9.17) is 16.0 Å². The Bertz CT molecular complexity index is 1210. The third-order valence-corrected chi connectivity index (χ3v) is 5.26. The molecule has 1 amide bonds. The molecule has 2 heterocycles. The van der Waals surface area contributed by atoms with Crippen LogP contribution in [0, 0.1) is 20.8 Å². The van der Waals surface area contributed by atoms with E-state index in [1.807, 2.05) is 50.2 Å². The summed E-state index contributed by atoms with van der Waals surface area (Å²) >= 11 is 6.26. The fraction of sp³-hybridized carbons (Fsp3) is 0.190. The lowest BCUT2D eigenvalue weighted by Gasteiger charge is -2.18. The minimum absolute atomic E-state index is 0.134. The van der Waals surface area contributed by atoms with Crippen molar-refractivity contribution in [1.29, 1.82) is 0 Å². The van der Waals surface area contributed by atoms with Gasteiger partial charge in [0.1, 0.15) is 5.52 Å². The SMILES string of the molecule is Cc1nc2ccc(N(C)C(=O)c3cccc(-n4nc(C)c(Cl)c4C)c3)cc2o1. The lowest BCUT2D eigenvalue weighted by molar-refractivity contribution is 0.0993. The van der Waals surface area contributed by atoms with Gasteiger partial charge in [-0.05, 0) is 44.2 Å². The summed E-state index contributed by atoms with van der Waals surface area (Å²) in [5.41, 5.74) is 5.08. The molecular weight excluding hydrogens is 376 g/mol. The monoisotopic (exact) mass is 394 g/mol. The molecule has 4 rings (SSSR count). The molecule has 2 aromatic heterocycles. The summed E-state index contributed by atoms with van der Waals surface area (Å²) < 4.78 is 7.32. The number of aryl methyl sites for hydroxylation is 2. The predicted molar refractivity (Wildman–Crippen MR) is 110 cm³/mol. The summed E-state index contributed by atoms with van der Waals surface area (Å²) in [5.74, 6) is 0.461. The molecule has 0 aliphatic rings. The molecule has 0 bridgehead atoms. The molecule has 0 saturated carbocycles. The number of carbonyl (C=O) groups excluding carboxylic acids is 1. The molecule has 142 valence electrons. The zero-order valence-corrected chi connectivity index (χ0v) is 16.8. The Morgan fingerprint density at radius 3 is 2.64 bits per heavy atom. The Kier molecular flexibility index (Phi) is 4.43. The number of hydrogen-bond acceptors (Lipinski definition) is 4. The summed E-state index contributed by atoms with van der Waals surface area (Å²) in [6, 6.07) is 12.8. The molecule has 7 heteroatoms. The fourth-order valence-corrected chi connectivity index (χ4v) is 3.31. The molecule has 0 spiro atoms.